The first kappa shape index (κ1) is 18.9. The predicted octanol–water partition coefficient (Wildman–Crippen LogP) is 4.78. The zero-order valence-corrected chi connectivity index (χ0v) is 16.0. The smallest absolute Gasteiger partial charge is 0.316 e. The van der Waals surface area contributed by atoms with Crippen LogP contribution in [0.5, 0.6) is 0 Å². The number of thiocarbonyl (C=S) groups is 1. The summed E-state index contributed by atoms with van der Waals surface area (Å²) in [5, 5.41) is 5.15. The van der Waals surface area contributed by atoms with Gasteiger partial charge in [0.1, 0.15) is 0 Å². The van der Waals surface area contributed by atoms with Gasteiger partial charge in [-0.05, 0) is 74.6 Å². The summed E-state index contributed by atoms with van der Waals surface area (Å²) in [6.45, 7) is 0. The molecule has 2 N–H and O–H groups in total. The molecular formula is C18H19ClF3N3OS. The van der Waals surface area contributed by atoms with Gasteiger partial charge in [-0.1, -0.05) is 11.6 Å². The van der Waals surface area contributed by atoms with Gasteiger partial charge in [-0.25, -0.2) is 4.98 Å². The van der Waals surface area contributed by atoms with Crippen LogP contribution in [0.3, 0.4) is 0 Å². The maximum absolute atomic E-state index is 12.9. The standard InChI is InChI=1S/C18H19ClF3N3OS/c19-13-4-12(18(20,21)22)8-23-14(13)24-16(27)25-15(26)17-5-9-1-10(6-17)3-11(2-9)7-17/h4,8-11H,1-3,5-7H2,(H2,23,24,25,26,27). The number of pyridine rings is 1. The van der Waals surface area contributed by atoms with Crippen LogP contribution in [0.15, 0.2) is 12.3 Å². The van der Waals surface area contributed by atoms with Crippen molar-refractivity contribution in [1.29, 1.82) is 0 Å². The molecule has 4 bridgehead atoms. The molecule has 1 aromatic rings. The minimum absolute atomic E-state index is 0.00454. The number of carbonyl (C=O) groups excluding carboxylic acids is 1. The summed E-state index contributed by atoms with van der Waals surface area (Å²) in [5.41, 5.74) is -1.31. The molecule has 5 rings (SSSR count). The highest BCUT2D eigenvalue weighted by molar-refractivity contribution is 7.80. The van der Waals surface area contributed by atoms with Gasteiger partial charge < -0.3 is 10.6 Å². The first-order valence-electron chi connectivity index (χ1n) is 9.00. The first-order chi connectivity index (χ1) is 12.6. The highest BCUT2D eigenvalue weighted by Gasteiger charge is 2.54. The minimum atomic E-state index is -4.53. The van der Waals surface area contributed by atoms with Crippen LogP contribution in [0.1, 0.15) is 44.1 Å². The molecule has 27 heavy (non-hydrogen) atoms. The number of carbonyl (C=O) groups is 1. The van der Waals surface area contributed by atoms with Crippen LogP contribution in [0.25, 0.3) is 0 Å². The van der Waals surface area contributed by atoms with Gasteiger partial charge in [0.25, 0.3) is 0 Å². The second-order valence-electron chi connectivity index (χ2n) is 8.16. The number of nitrogens with zero attached hydrogens (tertiary/aromatic N) is 1. The number of nitrogens with one attached hydrogen (secondary N) is 2. The molecule has 0 radical (unpaired) electrons. The Bertz CT molecular complexity index is 763. The molecule has 4 aliphatic rings. The molecule has 9 heteroatoms. The normalized spacial score (nSPS) is 31.6. The molecule has 1 aromatic heterocycles. The number of anilines is 1. The maximum Gasteiger partial charge on any atom is 0.417 e. The second kappa shape index (κ2) is 6.58. The van der Waals surface area contributed by atoms with Gasteiger partial charge in [-0.3, -0.25) is 4.79 Å². The summed E-state index contributed by atoms with van der Waals surface area (Å²) < 4.78 is 38.1. The molecule has 0 unspecified atom stereocenters. The Morgan fingerprint density at radius 1 is 1.19 bits per heavy atom. The van der Waals surface area contributed by atoms with E-state index < -0.39 is 11.7 Å². The second-order valence-corrected chi connectivity index (χ2v) is 8.97. The molecule has 4 aliphatic carbocycles. The van der Waals surface area contributed by atoms with Gasteiger partial charge in [0.15, 0.2) is 10.9 Å². The van der Waals surface area contributed by atoms with Crippen molar-refractivity contribution in [2.75, 3.05) is 5.32 Å². The van der Waals surface area contributed by atoms with E-state index in [9.17, 15) is 18.0 Å². The molecule has 0 aromatic carbocycles. The Kier molecular flexibility index (Phi) is 4.62. The molecule has 146 valence electrons. The quantitative estimate of drug-likeness (QED) is 0.680. The third-order valence-electron chi connectivity index (χ3n) is 6.15. The number of hydrogen-bond donors (Lipinski definition) is 2. The number of alkyl halides is 3. The fourth-order valence-corrected chi connectivity index (χ4v) is 5.85. The van der Waals surface area contributed by atoms with E-state index in [1.54, 1.807) is 0 Å². The Morgan fingerprint density at radius 3 is 2.22 bits per heavy atom. The molecule has 1 amide bonds. The van der Waals surface area contributed by atoms with Gasteiger partial charge in [0.05, 0.1) is 16.0 Å². The van der Waals surface area contributed by atoms with Crippen LogP contribution in [-0.4, -0.2) is 16.0 Å². The Hall–Kier alpha value is -1.41. The van der Waals surface area contributed by atoms with Crippen LogP contribution >= 0.6 is 23.8 Å². The lowest BCUT2D eigenvalue weighted by Crippen LogP contribution is -2.55. The lowest BCUT2D eigenvalue weighted by molar-refractivity contribution is -0.144. The van der Waals surface area contributed by atoms with Crippen molar-refractivity contribution < 1.29 is 18.0 Å². The van der Waals surface area contributed by atoms with Crippen LogP contribution in [-0.2, 0) is 11.0 Å². The number of hydrogen-bond acceptors (Lipinski definition) is 3. The Balaban J connectivity index is 1.42. The summed E-state index contributed by atoms with van der Waals surface area (Å²) in [4.78, 5) is 16.6. The van der Waals surface area contributed by atoms with Crippen molar-refractivity contribution in [3.05, 3.63) is 22.8 Å². The molecule has 1 heterocycles. The molecule has 4 fully saturated rings. The van der Waals surface area contributed by atoms with Crippen LogP contribution in [0.2, 0.25) is 5.02 Å². The maximum atomic E-state index is 12.9. The highest BCUT2D eigenvalue weighted by Crippen LogP contribution is 2.60. The van der Waals surface area contributed by atoms with E-state index in [0.29, 0.717) is 24.0 Å². The average molecular weight is 418 g/mol. The lowest BCUT2D eigenvalue weighted by Gasteiger charge is -2.55. The Morgan fingerprint density at radius 2 is 1.74 bits per heavy atom. The molecular weight excluding hydrogens is 399 g/mol. The first-order valence-corrected chi connectivity index (χ1v) is 9.78. The van der Waals surface area contributed by atoms with Gasteiger partial charge in [-0.15, -0.1) is 0 Å². The van der Waals surface area contributed by atoms with E-state index in [2.05, 4.69) is 15.6 Å². The van der Waals surface area contributed by atoms with E-state index in [1.807, 2.05) is 0 Å². The van der Waals surface area contributed by atoms with Gasteiger partial charge >= 0.3 is 6.18 Å². The topological polar surface area (TPSA) is 54.0 Å². The van der Waals surface area contributed by atoms with Crippen molar-refractivity contribution in [1.82, 2.24) is 10.3 Å². The fraction of sp³-hybridized carbons (Fsp3) is 0.611. The summed E-state index contributed by atoms with van der Waals surface area (Å²) in [6.07, 6.45) is 2.51. The van der Waals surface area contributed by atoms with E-state index >= 15 is 0 Å². The molecule has 0 saturated heterocycles. The van der Waals surface area contributed by atoms with Crippen LogP contribution in [0.4, 0.5) is 19.0 Å². The number of halogens is 4. The van der Waals surface area contributed by atoms with E-state index in [-0.39, 0.29) is 27.3 Å². The average Bonchev–Trinajstić information content (AvgIpc) is 2.54. The monoisotopic (exact) mass is 417 g/mol. The van der Waals surface area contributed by atoms with Gasteiger partial charge in [0.2, 0.25) is 5.91 Å². The number of aromatic nitrogens is 1. The minimum Gasteiger partial charge on any atom is -0.316 e. The summed E-state index contributed by atoms with van der Waals surface area (Å²) in [7, 11) is 0. The van der Waals surface area contributed by atoms with Crippen molar-refractivity contribution in [2.45, 2.75) is 44.7 Å². The number of rotatable bonds is 2. The fourth-order valence-electron chi connectivity index (χ4n) is 5.45. The predicted molar refractivity (Wildman–Crippen MR) is 99.2 cm³/mol. The largest absolute Gasteiger partial charge is 0.417 e. The third-order valence-corrected chi connectivity index (χ3v) is 6.64. The van der Waals surface area contributed by atoms with Crippen LogP contribution in [0, 0.1) is 23.2 Å². The van der Waals surface area contributed by atoms with Gasteiger partial charge in [0, 0.05) is 6.20 Å². The van der Waals surface area contributed by atoms with Gasteiger partial charge in [-0.2, -0.15) is 13.2 Å². The summed E-state index contributed by atoms with van der Waals surface area (Å²) >= 11 is 11.0. The number of amides is 1. The SMILES string of the molecule is O=C(NC(=S)Nc1ncc(C(F)(F)F)cc1Cl)C12CC3CC(CC(C3)C1)C2. The zero-order chi connectivity index (χ0) is 19.4. The van der Waals surface area contributed by atoms with Crippen molar-refractivity contribution in [3.8, 4) is 0 Å². The Labute approximate surface area is 165 Å². The van der Waals surface area contributed by atoms with Crippen molar-refractivity contribution in [3.63, 3.8) is 0 Å². The molecule has 4 saturated carbocycles. The molecule has 0 aliphatic heterocycles. The van der Waals surface area contributed by atoms with Crippen LogP contribution < -0.4 is 10.6 Å². The molecule has 0 atom stereocenters. The zero-order valence-electron chi connectivity index (χ0n) is 14.4. The van der Waals surface area contributed by atoms with Crippen molar-refractivity contribution in [2.24, 2.45) is 23.2 Å². The third kappa shape index (κ3) is 3.66. The summed E-state index contributed by atoms with van der Waals surface area (Å²) in [6, 6.07) is 0.778. The highest BCUT2D eigenvalue weighted by atomic mass is 35.5. The molecule has 0 spiro atoms. The van der Waals surface area contributed by atoms with E-state index in [4.69, 9.17) is 23.8 Å². The van der Waals surface area contributed by atoms with E-state index in [1.165, 1.54) is 19.3 Å². The van der Waals surface area contributed by atoms with E-state index in [0.717, 1.165) is 25.3 Å². The van der Waals surface area contributed by atoms with Crippen molar-refractivity contribution >= 4 is 40.7 Å². The lowest BCUT2D eigenvalue weighted by atomic mass is 9.49. The summed E-state index contributed by atoms with van der Waals surface area (Å²) in [5.74, 6) is 1.75. The molecule has 4 nitrogen and oxygen atoms in total.